The molecule has 15 heavy (non-hydrogen) atoms. The van der Waals surface area contributed by atoms with Crippen molar-refractivity contribution in [3.8, 4) is 0 Å². The first-order valence-corrected chi connectivity index (χ1v) is 5.75. The smallest absolute Gasteiger partial charge is 0.300 e. The van der Waals surface area contributed by atoms with Crippen molar-refractivity contribution in [3.05, 3.63) is 39.0 Å². The third-order valence-corrected chi connectivity index (χ3v) is 3.18. The van der Waals surface area contributed by atoms with Crippen LogP contribution in [0.5, 0.6) is 0 Å². The SMILES string of the molecule is CCn1ccn(Cc2nc(C)cs2)c1=O. The number of hydrogen-bond donors (Lipinski definition) is 0. The van der Waals surface area contributed by atoms with E-state index in [-0.39, 0.29) is 5.69 Å². The molecule has 4 nitrogen and oxygen atoms in total. The van der Waals surface area contributed by atoms with E-state index in [4.69, 9.17) is 0 Å². The van der Waals surface area contributed by atoms with E-state index in [2.05, 4.69) is 4.98 Å². The summed E-state index contributed by atoms with van der Waals surface area (Å²) in [7, 11) is 0. The van der Waals surface area contributed by atoms with Gasteiger partial charge in [0.2, 0.25) is 0 Å². The van der Waals surface area contributed by atoms with Crippen molar-refractivity contribution in [2.75, 3.05) is 0 Å². The molecule has 5 heteroatoms. The van der Waals surface area contributed by atoms with Gasteiger partial charge < -0.3 is 0 Å². The van der Waals surface area contributed by atoms with E-state index in [0.29, 0.717) is 13.1 Å². The Labute approximate surface area is 91.8 Å². The van der Waals surface area contributed by atoms with Crippen LogP contribution in [0.1, 0.15) is 17.6 Å². The second-order valence-electron chi connectivity index (χ2n) is 3.38. The molecule has 2 heterocycles. The number of aromatic nitrogens is 3. The molecule has 0 N–H and O–H groups in total. The molecule has 0 unspecified atom stereocenters. The van der Waals surface area contributed by atoms with Crippen LogP contribution in [0.3, 0.4) is 0 Å². The van der Waals surface area contributed by atoms with Gasteiger partial charge in [-0.25, -0.2) is 9.78 Å². The zero-order valence-corrected chi connectivity index (χ0v) is 9.62. The molecule has 2 rings (SSSR count). The van der Waals surface area contributed by atoms with E-state index in [1.54, 1.807) is 20.5 Å². The lowest BCUT2D eigenvalue weighted by Gasteiger charge is -1.97. The highest BCUT2D eigenvalue weighted by Gasteiger charge is 2.04. The molecule has 2 aromatic heterocycles. The molecule has 80 valence electrons. The Morgan fingerprint density at radius 1 is 1.40 bits per heavy atom. The number of thiazole rings is 1. The number of hydrogen-bond acceptors (Lipinski definition) is 3. The Morgan fingerprint density at radius 3 is 2.67 bits per heavy atom. The van der Waals surface area contributed by atoms with Gasteiger partial charge in [0.25, 0.3) is 0 Å². The first-order valence-electron chi connectivity index (χ1n) is 4.87. The molecular weight excluding hydrogens is 210 g/mol. The van der Waals surface area contributed by atoms with E-state index >= 15 is 0 Å². The highest BCUT2D eigenvalue weighted by molar-refractivity contribution is 7.09. The van der Waals surface area contributed by atoms with E-state index in [1.807, 2.05) is 31.6 Å². The van der Waals surface area contributed by atoms with E-state index in [1.165, 1.54) is 0 Å². The average molecular weight is 223 g/mol. The number of aryl methyl sites for hydroxylation is 2. The van der Waals surface area contributed by atoms with Gasteiger partial charge in [-0.05, 0) is 13.8 Å². The Bertz CT molecular complexity index is 509. The van der Waals surface area contributed by atoms with Crippen molar-refractivity contribution in [2.24, 2.45) is 0 Å². The summed E-state index contributed by atoms with van der Waals surface area (Å²) in [5, 5.41) is 2.97. The molecule has 0 radical (unpaired) electrons. The van der Waals surface area contributed by atoms with E-state index < -0.39 is 0 Å². The summed E-state index contributed by atoms with van der Waals surface area (Å²) in [4.78, 5) is 16.0. The van der Waals surface area contributed by atoms with Crippen LogP contribution in [0.4, 0.5) is 0 Å². The van der Waals surface area contributed by atoms with Crippen LogP contribution in [-0.4, -0.2) is 14.1 Å². The Morgan fingerprint density at radius 2 is 2.13 bits per heavy atom. The monoisotopic (exact) mass is 223 g/mol. The molecule has 0 aliphatic heterocycles. The summed E-state index contributed by atoms with van der Waals surface area (Å²) < 4.78 is 3.36. The Kier molecular flexibility index (Phi) is 2.73. The summed E-state index contributed by atoms with van der Waals surface area (Å²) in [5.41, 5.74) is 1.04. The predicted octanol–water partition coefficient (Wildman–Crippen LogP) is 1.48. The van der Waals surface area contributed by atoms with Gasteiger partial charge in [0.1, 0.15) is 5.01 Å². The van der Waals surface area contributed by atoms with Gasteiger partial charge in [0.05, 0.1) is 6.54 Å². The maximum absolute atomic E-state index is 11.7. The lowest BCUT2D eigenvalue weighted by molar-refractivity contribution is 0.666. The second-order valence-corrected chi connectivity index (χ2v) is 4.32. The van der Waals surface area contributed by atoms with Gasteiger partial charge in [0, 0.05) is 30.0 Å². The molecule has 0 aromatic carbocycles. The fourth-order valence-corrected chi connectivity index (χ4v) is 2.21. The normalized spacial score (nSPS) is 10.8. The number of rotatable bonds is 3. The van der Waals surface area contributed by atoms with E-state index in [0.717, 1.165) is 10.7 Å². The van der Waals surface area contributed by atoms with Crippen molar-refractivity contribution in [3.63, 3.8) is 0 Å². The summed E-state index contributed by atoms with van der Waals surface area (Å²) >= 11 is 1.59. The molecule has 0 fully saturated rings. The molecular formula is C10H13N3OS. The van der Waals surface area contributed by atoms with Crippen LogP contribution in [0, 0.1) is 6.92 Å². The minimum atomic E-state index is 0.0327. The van der Waals surface area contributed by atoms with Gasteiger partial charge >= 0.3 is 5.69 Å². The zero-order chi connectivity index (χ0) is 10.8. The van der Waals surface area contributed by atoms with Crippen LogP contribution in [0.15, 0.2) is 22.6 Å². The maximum Gasteiger partial charge on any atom is 0.328 e. The minimum Gasteiger partial charge on any atom is -0.300 e. The van der Waals surface area contributed by atoms with Crippen LogP contribution >= 0.6 is 11.3 Å². The van der Waals surface area contributed by atoms with Gasteiger partial charge in [0.15, 0.2) is 0 Å². The molecule has 0 amide bonds. The van der Waals surface area contributed by atoms with Crippen LogP contribution in [0.25, 0.3) is 0 Å². The minimum absolute atomic E-state index is 0.0327. The standard InChI is InChI=1S/C10H13N3OS/c1-3-12-4-5-13(10(12)14)6-9-11-8(2)7-15-9/h4-5,7H,3,6H2,1-2H3. The topological polar surface area (TPSA) is 39.8 Å². The molecule has 0 aliphatic carbocycles. The predicted molar refractivity (Wildman–Crippen MR) is 60.3 cm³/mol. The highest BCUT2D eigenvalue weighted by atomic mass is 32.1. The van der Waals surface area contributed by atoms with Gasteiger partial charge in [-0.1, -0.05) is 0 Å². The first kappa shape index (κ1) is 10.2. The molecule has 0 saturated carbocycles. The molecule has 0 atom stereocenters. The summed E-state index contributed by atoms with van der Waals surface area (Å²) in [5.74, 6) is 0. The fourth-order valence-electron chi connectivity index (χ4n) is 1.44. The van der Waals surface area contributed by atoms with Crippen LogP contribution in [-0.2, 0) is 13.1 Å². The average Bonchev–Trinajstić information content (AvgIpc) is 2.76. The Balaban J connectivity index is 2.25. The summed E-state index contributed by atoms with van der Waals surface area (Å²) in [6.07, 6.45) is 3.62. The highest BCUT2D eigenvalue weighted by Crippen LogP contribution is 2.09. The second kappa shape index (κ2) is 4.02. The van der Waals surface area contributed by atoms with Crippen molar-refractivity contribution >= 4 is 11.3 Å². The fraction of sp³-hybridized carbons (Fsp3) is 0.400. The molecule has 0 saturated heterocycles. The lowest BCUT2D eigenvalue weighted by Crippen LogP contribution is -2.23. The Hall–Kier alpha value is -1.36. The zero-order valence-electron chi connectivity index (χ0n) is 8.80. The number of nitrogens with zero attached hydrogens (tertiary/aromatic N) is 3. The van der Waals surface area contributed by atoms with Gasteiger partial charge in [-0.2, -0.15) is 0 Å². The summed E-state index contributed by atoms with van der Waals surface area (Å²) in [6.45, 7) is 5.20. The van der Waals surface area contributed by atoms with Crippen molar-refractivity contribution < 1.29 is 0 Å². The largest absolute Gasteiger partial charge is 0.328 e. The number of imidazole rings is 1. The summed E-state index contributed by atoms with van der Waals surface area (Å²) in [6, 6.07) is 0. The van der Waals surface area contributed by atoms with Crippen molar-refractivity contribution in [2.45, 2.75) is 26.9 Å². The quantitative estimate of drug-likeness (QED) is 0.790. The van der Waals surface area contributed by atoms with Crippen LogP contribution in [0.2, 0.25) is 0 Å². The van der Waals surface area contributed by atoms with Crippen LogP contribution < -0.4 is 5.69 Å². The lowest BCUT2D eigenvalue weighted by atomic mass is 10.6. The van der Waals surface area contributed by atoms with E-state index in [9.17, 15) is 4.79 Å². The van der Waals surface area contributed by atoms with Crippen molar-refractivity contribution in [1.29, 1.82) is 0 Å². The molecule has 0 aliphatic rings. The van der Waals surface area contributed by atoms with Gasteiger partial charge in [-0.15, -0.1) is 11.3 Å². The maximum atomic E-state index is 11.7. The van der Waals surface area contributed by atoms with Gasteiger partial charge in [-0.3, -0.25) is 9.13 Å². The third kappa shape index (κ3) is 2.02. The van der Waals surface area contributed by atoms with Crippen molar-refractivity contribution in [1.82, 2.24) is 14.1 Å². The molecule has 2 aromatic rings. The first-order chi connectivity index (χ1) is 7.20. The molecule has 0 spiro atoms. The third-order valence-electron chi connectivity index (χ3n) is 2.23. The molecule has 0 bridgehead atoms.